The Balaban J connectivity index is 0.000000214. The second kappa shape index (κ2) is 18.7. The Bertz CT molecular complexity index is 5370. The standard InChI is InChI=1S/C65H51N3.C21H15N/c1-42-14-11-19-47(32-28-42)66(48-20-12-21-49(34-33-48)68-63-52-24-9-6-17-45(52)30-36-57(63)65-41-64(65,68)39-38-46-18-7-10-25-56(46)65)58-26-13-27-59(55-40-54(55)58)67-60-37-31-43-16-5-8-22-50(43)61(60)53-35-29-44-15-3-2-4-23-51(44)62(53)67;1-2-6-14-13(5-1)8-9-17-18(14)15-10-12-21-11-4-3-7-16(21)19(21)20(15)22-17/h2-12,14-18,20-22,24-39,49,54-55H,13,19,23,40-41H2,1H3;1-12,16,19,22H. The normalized spacial score (nSPS) is 26.9. The number of aromatic amines is 1. The zero-order valence-electron chi connectivity index (χ0n) is 50.4. The van der Waals surface area contributed by atoms with Crippen LogP contribution in [0, 0.1) is 23.2 Å². The molecule has 10 aliphatic carbocycles. The van der Waals surface area contributed by atoms with Crippen molar-refractivity contribution in [1.82, 2.24) is 14.5 Å². The van der Waals surface area contributed by atoms with Crippen molar-refractivity contribution in [2.24, 2.45) is 23.2 Å². The lowest BCUT2D eigenvalue weighted by Gasteiger charge is -2.36. The van der Waals surface area contributed by atoms with Gasteiger partial charge in [0, 0.05) is 90.7 Å². The van der Waals surface area contributed by atoms with Crippen LogP contribution < -0.4 is 4.90 Å². The van der Waals surface area contributed by atoms with E-state index in [0.717, 1.165) is 32.1 Å². The van der Waals surface area contributed by atoms with Crippen molar-refractivity contribution >= 4 is 94.6 Å². The van der Waals surface area contributed by atoms with E-state index in [2.05, 4.69) is 312 Å². The van der Waals surface area contributed by atoms with Crippen LogP contribution in [0.25, 0.3) is 89.0 Å². The first-order valence-corrected chi connectivity index (χ1v) is 32.8. The van der Waals surface area contributed by atoms with Gasteiger partial charge in [-0.25, -0.2) is 0 Å². The van der Waals surface area contributed by atoms with Crippen LogP contribution in [-0.2, 0) is 11.8 Å². The number of hydrogen-bond donors (Lipinski definition) is 1. The summed E-state index contributed by atoms with van der Waals surface area (Å²) in [6.45, 7) is 2.21. The fourth-order valence-electron chi connectivity index (χ4n) is 18.4. The number of allylic oxidation sites excluding steroid dienone is 20. The summed E-state index contributed by atoms with van der Waals surface area (Å²) >= 11 is 0. The molecule has 8 unspecified atom stereocenters. The predicted octanol–water partition coefficient (Wildman–Crippen LogP) is 20.6. The molecule has 0 radical (unpaired) electrons. The number of fused-ring (bicyclic) bond motifs is 19. The smallest absolute Gasteiger partial charge is 0.0749 e. The van der Waals surface area contributed by atoms with Gasteiger partial charge in [0.05, 0.1) is 33.7 Å². The summed E-state index contributed by atoms with van der Waals surface area (Å²) in [6, 6.07) is 54.6. The van der Waals surface area contributed by atoms with Crippen LogP contribution in [-0.4, -0.2) is 26.0 Å². The highest BCUT2D eigenvalue weighted by Gasteiger charge is 2.77. The van der Waals surface area contributed by atoms with Crippen LogP contribution in [0.1, 0.15) is 77.6 Å². The van der Waals surface area contributed by atoms with Gasteiger partial charge in [0.25, 0.3) is 0 Å². The van der Waals surface area contributed by atoms with Crippen LogP contribution in [0.3, 0.4) is 0 Å². The molecule has 2 aromatic heterocycles. The number of nitrogens with one attached hydrogen (secondary N) is 1. The molecule has 0 bridgehead atoms. The molecular formula is C86H66N4. The maximum absolute atomic E-state index is 3.73. The maximum atomic E-state index is 3.73. The largest absolute Gasteiger partial charge is 0.358 e. The molecule has 0 saturated heterocycles. The van der Waals surface area contributed by atoms with Crippen molar-refractivity contribution in [1.29, 1.82) is 0 Å². The zero-order valence-corrected chi connectivity index (χ0v) is 50.4. The Morgan fingerprint density at radius 3 is 2.28 bits per heavy atom. The highest BCUT2D eigenvalue weighted by molar-refractivity contribution is 6.23. The molecule has 4 nitrogen and oxygen atoms in total. The minimum Gasteiger partial charge on any atom is -0.358 e. The molecule has 8 aromatic carbocycles. The second-order valence-electron chi connectivity index (χ2n) is 27.0. The number of hydrogen-bond acceptors (Lipinski definition) is 2. The first-order chi connectivity index (χ1) is 44.5. The molecule has 1 N–H and O–H groups in total. The molecular weight excluding hydrogens is 1090 g/mol. The Morgan fingerprint density at radius 2 is 1.38 bits per heavy atom. The van der Waals surface area contributed by atoms with Crippen LogP contribution in [0.15, 0.2) is 290 Å². The molecule has 90 heavy (non-hydrogen) atoms. The second-order valence-corrected chi connectivity index (χ2v) is 27.0. The van der Waals surface area contributed by atoms with E-state index in [1.807, 2.05) is 0 Å². The minimum atomic E-state index is -0.120. The molecule has 8 atom stereocenters. The van der Waals surface area contributed by atoms with Gasteiger partial charge in [0.1, 0.15) is 0 Å². The van der Waals surface area contributed by atoms with Crippen molar-refractivity contribution in [2.45, 2.75) is 61.9 Å². The average molecular weight is 1160 g/mol. The monoisotopic (exact) mass is 1150 g/mol. The third-order valence-corrected chi connectivity index (χ3v) is 22.6. The first kappa shape index (κ1) is 50.8. The third kappa shape index (κ3) is 6.97. The van der Waals surface area contributed by atoms with Crippen molar-refractivity contribution in [2.75, 3.05) is 4.90 Å². The number of benzene rings is 8. The van der Waals surface area contributed by atoms with E-state index < -0.39 is 0 Å². The SMILES string of the molecule is C1=CC2C3c4[nH]c5ccc6ccccc6c5c4C=CC23C=C1.CC1=CC=C(N(C2=CC=CC(N3c4c(ccc5ccccc45)C45CC34C=Cc3ccccc35)C=C2)C2=CCC=C(n3c4ccc5ccccc5c4c4ccc5c(c43)CC=CC=C5)C3CC23)CC=C1. The van der Waals surface area contributed by atoms with Crippen LogP contribution in [0.2, 0.25) is 0 Å². The topological polar surface area (TPSA) is 27.2 Å². The van der Waals surface area contributed by atoms with Gasteiger partial charge in [-0.05, 0) is 124 Å². The van der Waals surface area contributed by atoms with E-state index in [-0.39, 0.29) is 22.4 Å². The van der Waals surface area contributed by atoms with E-state index >= 15 is 0 Å². The Labute approximate surface area is 524 Å². The number of H-pyrrole nitrogens is 1. The third-order valence-electron chi connectivity index (χ3n) is 22.6. The van der Waals surface area contributed by atoms with Gasteiger partial charge in [-0.1, -0.05) is 261 Å². The first-order valence-electron chi connectivity index (χ1n) is 32.8. The molecule has 1 aliphatic heterocycles. The quantitative estimate of drug-likeness (QED) is 0.186. The molecule has 21 rings (SSSR count). The van der Waals surface area contributed by atoms with Crippen molar-refractivity contribution in [3.63, 3.8) is 0 Å². The van der Waals surface area contributed by atoms with E-state index in [9.17, 15) is 0 Å². The number of nitrogens with zero attached hydrogens (tertiary/aromatic N) is 3. The molecule has 3 fully saturated rings. The Hall–Kier alpha value is -10.2. The summed E-state index contributed by atoms with van der Waals surface area (Å²) in [5.74, 6) is 2.02. The molecule has 10 aromatic rings. The maximum Gasteiger partial charge on any atom is 0.0749 e. The van der Waals surface area contributed by atoms with Crippen LogP contribution >= 0.6 is 0 Å². The Kier molecular flexibility index (Phi) is 10.6. The van der Waals surface area contributed by atoms with E-state index in [0.29, 0.717) is 23.7 Å². The lowest BCUT2D eigenvalue weighted by atomic mass is 9.79. The van der Waals surface area contributed by atoms with E-state index in [1.54, 1.807) is 0 Å². The molecule has 1 spiro atoms. The van der Waals surface area contributed by atoms with Crippen molar-refractivity contribution < 1.29 is 0 Å². The lowest BCUT2D eigenvalue weighted by molar-refractivity contribution is 0.491. The molecule has 0 amide bonds. The minimum absolute atomic E-state index is 0.0537. The summed E-state index contributed by atoms with van der Waals surface area (Å²) in [4.78, 5) is 9.18. The number of aromatic nitrogens is 2. The van der Waals surface area contributed by atoms with E-state index in [4.69, 9.17) is 0 Å². The van der Waals surface area contributed by atoms with Gasteiger partial charge in [0.2, 0.25) is 0 Å². The van der Waals surface area contributed by atoms with Crippen LogP contribution in [0.4, 0.5) is 5.69 Å². The Morgan fingerprint density at radius 1 is 0.567 bits per heavy atom. The lowest BCUT2D eigenvalue weighted by Crippen LogP contribution is -2.44. The molecule has 430 valence electrons. The van der Waals surface area contributed by atoms with Crippen molar-refractivity contribution in [3.8, 4) is 0 Å². The summed E-state index contributed by atoms with van der Waals surface area (Å²) in [7, 11) is 0. The van der Waals surface area contributed by atoms with Gasteiger partial charge in [-0.15, -0.1) is 0 Å². The van der Waals surface area contributed by atoms with Gasteiger partial charge < -0.3 is 19.4 Å². The van der Waals surface area contributed by atoms with Gasteiger partial charge in [-0.3, -0.25) is 0 Å². The predicted molar refractivity (Wildman–Crippen MR) is 377 cm³/mol. The van der Waals surface area contributed by atoms with Gasteiger partial charge in [0.15, 0.2) is 0 Å². The molecule has 11 aliphatic rings. The summed E-state index contributed by atoms with van der Waals surface area (Å²) in [6.07, 6.45) is 59.4. The van der Waals surface area contributed by atoms with Gasteiger partial charge >= 0.3 is 0 Å². The molecule has 3 saturated carbocycles. The summed E-state index contributed by atoms with van der Waals surface area (Å²) in [5, 5.41) is 12.0. The van der Waals surface area contributed by atoms with Crippen molar-refractivity contribution in [3.05, 3.63) is 329 Å². The average Bonchev–Trinajstić information content (AvgIpc) is 1.46. The van der Waals surface area contributed by atoms with E-state index in [1.165, 1.54) is 138 Å². The zero-order chi connectivity index (χ0) is 59.0. The molecule has 3 heterocycles. The summed E-state index contributed by atoms with van der Waals surface area (Å²) in [5.41, 5.74) is 22.0. The highest BCUT2D eigenvalue weighted by atomic mass is 15.3. The van der Waals surface area contributed by atoms with Gasteiger partial charge in [-0.2, -0.15) is 0 Å². The number of anilines is 1. The van der Waals surface area contributed by atoms with Crippen LogP contribution in [0.5, 0.6) is 0 Å². The molecule has 4 heteroatoms. The fourth-order valence-corrected chi connectivity index (χ4v) is 18.4. The fraction of sp³-hybridized carbons (Fsp3) is 0.163. The summed E-state index contributed by atoms with van der Waals surface area (Å²) < 4.78 is 2.69. The highest BCUT2D eigenvalue weighted by Crippen LogP contribution is 2.76. The number of rotatable bonds is 5.